The number of rotatable bonds is 1. The molecule has 0 bridgehead atoms. The van der Waals surface area contributed by atoms with E-state index in [-0.39, 0.29) is 11.9 Å². The van der Waals surface area contributed by atoms with Gasteiger partial charge in [0.2, 0.25) is 0 Å². The van der Waals surface area contributed by atoms with Crippen LogP contribution in [0.25, 0.3) is 11.1 Å². The predicted molar refractivity (Wildman–Crippen MR) is 70.7 cm³/mol. The second kappa shape index (κ2) is 4.14. The molecular weight excluding hydrogens is 248 g/mol. The van der Waals surface area contributed by atoms with Gasteiger partial charge in [-0.2, -0.15) is 0 Å². The molecular formula is C15H11ClO2. The summed E-state index contributed by atoms with van der Waals surface area (Å²) in [5, 5.41) is 0.635. The lowest BCUT2D eigenvalue weighted by molar-refractivity contribution is -0.141. The van der Waals surface area contributed by atoms with Crippen molar-refractivity contribution < 1.29 is 9.53 Å². The number of hydrogen-bond acceptors (Lipinski definition) is 2. The Morgan fingerprint density at radius 1 is 1.11 bits per heavy atom. The van der Waals surface area contributed by atoms with E-state index < -0.39 is 0 Å². The van der Waals surface area contributed by atoms with Crippen LogP contribution < -0.4 is 0 Å². The average Bonchev–Trinajstić information content (AvgIpc) is 2.71. The molecule has 0 N–H and O–H groups in total. The molecule has 1 aliphatic rings. The van der Waals surface area contributed by atoms with Crippen molar-refractivity contribution in [2.24, 2.45) is 0 Å². The molecule has 0 fully saturated rings. The van der Waals surface area contributed by atoms with Gasteiger partial charge in [-0.25, -0.2) is 0 Å². The van der Waals surface area contributed by atoms with Crippen molar-refractivity contribution in [2.45, 2.75) is 5.92 Å². The third kappa shape index (κ3) is 1.53. The maximum atomic E-state index is 12.0. The fraction of sp³-hybridized carbons (Fsp3) is 0.133. The van der Waals surface area contributed by atoms with Crippen molar-refractivity contribution in [1.82, 2.24) is 0 Å². The van der Waals surface area contributed by atoms with Gasteiger partial charge in [0.15, 0.2) is 0 Å². The molecule has 2 aromatic rings. The van der Waals surface area contributed by atoms with E-state index >= 15 is 0 Å². The van der Waals surface area contributed by atoms with Gasteiger partial charge in [-0.05, 0) is 34.4 Å². The number of methoxy groups -OCH3 is 1. The summed E-state index contributed by atoms with van der Waals surface area (Å²) in [6.07, 6.45) is 0. The Labute approximate surface area is 110 Å². The second-order valence-electron chi connectivity index (χ2n) is 4.27. The third-order valence-corrected chi connectivity index (χ3v) is 3.56. The van der Waals surface area contributed by atoms with Gasteiger partial charge in [0, 0.05) is 5.02 Å². The predicted octanol–water partition coefficient (Wildman–Crippen LogP) is 3.63. The normalized spacial score (nSPS) is 16.0. The Morgan fingerprint density at radius 2 is 1.83 bits per heavy atom. The van der Waals surface area contributed by atoms with Crippen LogP contribution >= 0.6 is 11.6 Å². The van der Waals surface area contributed by atoms with Crippen LogP contribution in [-0.4, -0.2) is 13.1 Å². The molecule has 18 heavy (non-hydrogen) atoms. The highest BCUT2D eigenvalue weighted by Crippen LogP contribution is 2.45. The Bertz CT molecular complexity index is 634. The minimum Gasteiger partial charge on any atom is -0.468 e. The Morgan fingerprint density at radius 3 is 2.61 bits per heavy atom. The molecule has 0 aliphatic heterocycles. The fourth-order valence-electron chi connectivity index (χ4n) is 2.55. The summed E-state index contributed by atoms with van der Waals surface area (Å²) in [7, 11) is 1.41. The molecule has 0 heterocycles. The van der Waals surface area contributed by atoms with Gasteiger partial charge in [0.05, 0.1) is 7.11 Å². The molecule has 1 atom stereocenters. The number of halogens is 1. The van der Waals surface area contributed by atoms with E-state index in [1.807, 2.05) is 42.5 Å². The first-order valence-electron chi connectivity index (χ1n) is 5.69. The molecule has 0 spiro atoms. The molecule has 0 saturated carbocycles. The minimum absolute atomic E-state index is 0.247. The highest BCUT2D eigenvalue weighted by atomic mass is 35.5. The van der Waals surface area contributed by atoms with Crippen LogP contribution in [0, 0.1) is 0 Å². The molecule has 0 aromatic heterocycles. The largest absolute Gasteiger partial charge is 0.468 e. The summed E-state index contributed by atoms with van der Waals surface area (Å²) in [5.41, 5.74) is 4.06. The fourth-order valence-corrected chi connectivity index (χ4v) is 2.73. The second-order valence-corrected chi connectivity index (χ2v) is 4.71. The standard InChI is InChI=1S/C15H11ClO2/c1-18-15(17)14-12-5-3-2-4-10(12)11-7-6-9(16)8-13(11)14/h2-8,14H,1H3/t14-/m1/s1. The first kappa shape index (κ1) is 11.3. The van der Waals surface area contributed by atoms with Crippen LogP contribution in [-0.2, 0) is 9.53 Å². The zero-order valence-electron chi connectivity index (χ0n) is 9.81. The lowest BCUT2D eigenvalue weighted by Crippen LogP contribution is -2.13. The molecule has 2 aromatic carbocycles. The van der Waals surface area contributed by atoms with Gasteiger partial charge in [-0.15, -0.1) is 0 Å². The van der Waals surface area contributed by atoms with Crippen LogP contribution in [0.1, 0.15) is 17.0 Å². The van der Waals surface area contributed by atoms with Crippen molar-refractivity contribution in [3.8, 4) is 11.1 Å². The van der Waals surface area contributed by atoms with E-state index in [9.17, 15) is 4.79 Å². The number of ether oxygens (including phenoxy) is 1. The van der Waals surface area contributed by atoms with Crippen molar-refractivity contribution in [1.29, 1.82) is 0 Å². The lowest BCUT2D eigenvalue weighted by atomic mass is 9.97. The molecule has 3 rings (SSSR count). The Hall–Kier alpha value is -1.80. The summed E-state index contributed by atoms with van der Waals surface area (Å²) < 4.78 is 4.91. The number of carbonyl (C=O) groups is 1. The number of benzene rings is 2. The number of hydrogen-bond donors (Lipinski definition) is 0. The van der Waals surface area contributed by atoms with E-state index in [0.717, 1.165) is 22.3 Å². The molecule has 3 heteroatoms. The number of esters is 1. The van der Waals surface area contributed by atoms with E-state index in [0.29, 0.717) is 5.02 Å². The summed E-state index contributed by atoms with van der Waals surface area (Å²) in [5.74, 6) is -0.608. The smallest absolute Gasteiger partial charge is 0.317 e. The summed E-state index contributed by atoms with van der Waals surface area (Å²) in [4.78, 5) is 12.0. The molecule has 1 aliphatic carbocycles. The zero-order valence-corrected chi connectivity index (χ0v) is 10.6. The summed E-state index contributed by atoms with van der Waals surface area (Å²) in [6, 6.07) is 13.5. The van der Waals surface area contributed by atoms with Gasteiger partial charge >= 0.3 is 5.97 Å². The average molecular weight is 259 g/mol. The van der Waals surface area contributed by atoms with Crippen LogP contribution in [0.2, 0.25) is 5.02 Å². The summed E-state index contributed by atoms with van der Waals surface area (Å²) in [6.45, 7) is 0. The monoisotopic (exact) mass is 258 g/mol. The van der Waals surface area contributed by atoms with Gasteiger partial charge in [-0.1, -0.05) is 41.9 Å². The van der Waals surface area contributed by atoms with Crippen LogP contribution in [0.15, 0.2) is 42.5 Å². The quantitative estimate of drug-likeness (QED) is 0.730. The lowest BCUT2D eigenvalue weighted by Gasteiger charge is -2.10. The molecule has 0 saturated heterocycles. The first-order chi connectivity index (χ1) is 8.72. The highest BCUT2D eigenvalue weighted by molar-refractivity contribution is 6.30. The van der Waals surface area contributed by atoms with Crippen LogP contribution in [0.4, 0.5) is 0 Å². The third-order valence-electron chi connectivity index (χ3n) is 3.32. The van der Waals surface area contributed by atoms with Gasteiger partial charge in [0.1, 0.15) is 5.92 Å². The SMILES string of the molecule is COC(=O)[C@@H]1c2ccccc2-c2ccc(Cl)cc21. The Kier molecular flexibility index (Phi) is 2.60. The van der Waals surface area contributed by atoms with Crippen molar-refractivity contribution in [3.05, 3.63) is 58.6 Å². The molecule has 0 radical (unpaired) electrons. The van der Waals surface area contributed by atoms with Crippen LogP contribution in [0.5, 0.6) is 0 Å². The summed E-state index contributed by atoms with van der Waals surface area (Å²) >= 11 is 6.03. The van der Waals surface area contributed by atoms with E-state index in [1.54, 1.807) is 0 Å². The van der Waals surface area contributed by atoms with E-state index in [4.69, 9.17) is 16.3 Å². The van der Waals surface area contributed by atoms with E-state index in [1.165, 1.54) is 7.11 Å². The Balaban J connectivity index is 2.28. The topological polar surface area (TPSA) is 26.3 Å². The molecule has 90 valence electrons. The number of fused-ring (bicyclic) bond motifs is 3. The van der Waals surface area contributed by atoms with Crippen LogP contribution in [0.3, 0.4) is 0 Å². The van der Waals surface area contributed by atoms with Gasteiger partial charge < -0.3 is 4.74 Å². The zero-order chi connectivity index (χ0) is 12.7. The van der Waals surface area contributed by atoms with Crippen molar-refractivity contribution in [3.63, 3.8) is 0 Å². The van der Waals surface area contributed by atoms with Crippen molar-refractivity contribution in [2.75, 3.05) is 7.11 Å². The van der Waals surface area contributed by atoms with E-state index in [2.05, 4.69) is 0 Å². The minimum atomic E-state index is -0.361. The molecule has 2 nitrogen and oxygen atoms in total. The highest BCUT2D eigenvalue weighted by Gasteiger charge is 2.34. The van der Waals surface area contributed by atoms with Crippen molar-refractivity contribution >= 4 is 17.6 Å². The number of carbonyl (C=O) groups excluding carboxylic acids is 1. The first-order valence-corrected chi connectivity index (χ1v) is 6.06. The van der Waals surface area contributed by atoms with Gasteiger partial charge in [0.25, 0.3) is 0 Å². The maximum absolute atomic E-state index is 12.0. The maximum Gasteiger partial charge on any atom is 0.317 e. The molecule has 0 amide bonds. The molecule has 0 unspecified atom stereocenters. The van der Waals surface area contributed by atoms with Gasteiger partial charge in [-0.3, -0.25) is 4.79 Å².